The fraction of sp³-hybridized carbons (Fsp3) is 0.818. The quantitative estimate of drug-likeness (QED) is 0.650. The summed E-state index contributed by atoms with van der Waals surface area (Å²) in [5.74, 6) is 0. The molecule has 0 bridgehead atoms. The highest BCUT2D eigenvalue weighted by Crippen LogP contribution is 2.10. The lowest BCUT2D eigenvalue weighted by atomic mass is 10.2. The summed E-state index contributed by atoms with van der Waals surface area (Å²) in [5.41, 5.74) is 0. The maximum atomic E-state index is 8.91. The summed E-state index contributed by atoms with van der Waals surface area (Å²) in [6, 6.07) is 1.05. The molecule has 0 spiro atoms. The fourth-order valence-corrected chi connectivity index (χ4v) is 1.98. The van der Waals surface area contributed by atoms with Crippen LogP contribution >= 0.6 is 0 Å². The van der Waals surface area contributed by atoms with Crippen molar-refractivity contribution in [1.82, 2.24) is 10.2 Å². The second-order valence-electron chi connectivity index (χ2n) is 4.04. The molecular weight excluding hydrogens is 176 g/mol. The van der Waals surface area contributed by atoms with E-state index in [1.165, 1.54) is 6.42 Å². The van der Waals surface area contributed by atoms with Gasteiger partial charge in [-0.05, 0) is 26.3 Å². The second kappa shape index (κ2) is 6.17. The highest BCUT2D eigenvalue weighted by Gasteiger charge is 2.21. The molecule has 14 heavy (non-hydrogen) atoms. The van der Waals surface area contributed by atoms with Crippen LogP contribution in [0.5, 0.6) is 0 Å². The Labute approximate surface area is 86.8 Å². The zero-order valence-corrected chi connectivity index (χ0v) is 9.08. The molecule has 0 saturated carbocycles. The van der Waals surface area contributed by atoms with Crippen molar-refractivity contribution in [2.45, 2.75) is 31.8 Å². The van der Waals surface area contributed by atoms with E-state index in [-0.39, 0.29) is 6.61 Å². The average Bonchev–Trinajstić information content (AvgIpc) is 2.31. The Morgan fingerprint density at radius 1 is 1.64 bits per heavy atom. The van der Waals surface area contributed by atoms with Gasteiger partial charge >= 0.3 is 0 Å². The van der Waals surface area contributed by atoms with Crippen LogP contribution < -0.4 is 5.32 Å². The van der Waals surface area contributed by atoms with E-state index >= 15 is 0 Å². The summed E-state index contributed by atoms with van der Waals surface area (Å²) in [5, 5.41) is 12.4. The minimum atomic E-state index is 0.272. The van der Waals surface area contributed by atoms with E-state index in [0.717, 1.165) is 26.1 Å². The third-order valence-corrected chi connectivity index (χ3v) is 2.91. The van der Waals surface area contributed by atoms with Crippen molar-refractivity contribution in [2.24, 2.45) is 0 Å². The first-order chi connectivity index (χ1) is 6.77. The Bertz CT molecular complexity index is 173. The highest BCUT2D eigenvalue weighted by atomic mass is 16.3. The van der Waals surface area contributed by atoms with Gasteiger partial charge in [0.15, 0.2) is 0 Å². The standard InChI is InChI=1S/C11H22N2O/c1-3-7-13-9-11(5-8-14)12-6-4-10(13)2/h3,10-12,14H,1,4-9H2,2H3. The van der Waals surface area contributed by atoms with E-state index < -0.39 is 0 Å². The zero-order chi connectivity index (χ0) is 10.4. The van der Waals surface area contributed by atoms with Crippen LogP contribution in [-0.4, -0.2) is 48.3 Å². The number of nitrogens with zero attached hydrogens (tertiary/aromatic N) is 1. The molecule has 3 nitrogen and oxygen atoms in total. The topological polar surface area (TPSA) is 35.5 Å². The summed E-state index contributed by atoms with van der Waals surface area (Å²) in [7, 11) is 0. The van der Waals surface area contributed by atoms with Gasteiger partial charge in [-0.3, -0.25) is 4.90 Å². The van der Waals surface area contributed by atoms with Crippen molar-refractivity contribution >= 4 is 0 Å². The van der Waals surface area contributed by atoms with Crippen LogP contribution in [-0.2, 0) is 0 Å². The van der Waals surface area contributed by atoms with Crippen LogP contribution in [0.2, 0.25) is 0 Å². The monoisotopic (exact) mass is 198 g/mol. The molecule has 0 radical (unpaired) electrons. The lowest BCUT2D eigenvalue weighted by molar-refractivity contribution is 0.206. The first-order valence-corrected chi connectivity index (χ1v) is 5.47. The molecule has 2 unspecified atom stereocenters. The molecule has 1 heterocycles. The van der Waals surface area contributed by atoms with Crippen LogP contribution in [0.1, 0.15) is 19.8 Å². The van der Waals surface area contributed by atoms with Crippen molar-refractivity contribution in [2.75, 3.05) is 26.2 Å². The number of nitrogens with one attached hydrogen (secondary N) is 1. The minimum absolute atomic E-state index is 0.272. The maximum absolute atomic E-state index is 8.91. The van der Waals surface area contributed by atoms with E-state index in [4.69, 9.17) is 5.11 Å². The van der Waals surface area contributed by atoms with Gasteiger partial charge in [-0.15, -0.1) is 6.58 Å². The van der Waals surface area contributed by atoms with Crippen LogP contribution in [0.25, 0.3) is 0 Å². The molecule has 1 saturated heterocycles. The predicted molar refractivity (Wildman–Crippen MR) is 59.3 cm³/mol. The van der Waals surface area contributed by atoms with Gasteiger partial charge in [-0.2, -0.15) is 0 Å². The molecule has 0 aromatic heterocycles. The largest absolute Gasteiger partial charge is 0.396 e. The van der Waals surface area contributed by atoms with Gasteiger partial charge in [0.2, 0.25) is 0 Å². The number of aliphatic hydroxyl groups is 1. The van der Waals surface area contributed by atoms with E-state index in [1.807, 2.05) is 6.08 Å². The highest BCUT2D eigenvalue weighted by molar-refractivity contribution is 4.84. The molecular formula is C11H22N2O. The Balaban J connectivity index is 2.47. The zero-order valence-electron chi connectivity index (χ0n) is 9.08. The normalized spacial score (nSPS) is 29.9. The summed E-state index contributed by atoms with van der Waals surface area (Å²) >= 11 is 0. The van der Waals surface area contributed by atoms with Crippen molar-refractivity contribution < 1.29 is 5.11 Å². The van der Waals surface area contributed by atoms with Crippen molar-refractivity contribution in [1.29, 1.82) is 0 Å². The van der Waals surface area contributed by atoms with Crippen LogP contribution in [0.15, 0.2) is 12.7 Å². The third-order valence-electron chi connectivity index (χ3n) is 2.91. The SMILES string of the molecule is C=CCN1CC(CCO)NCCC1C. The second-order valence-corrected chi connectivity index (χ2v) is 4.04. The molecule has 2 N–H and O–H groups in total. The van der Waals surface area contributed by atoms with E-state index in [2.05, 4.69) is 23.7 Å². The van der Waals surface area contributed by atoms with E-state index in [9.17, 15) is 0 Å². The molecule has 0 aliphatic carbocycles. The molecule has 1 rings (SSSR count). The van der Waals surface area contributed by atoms with Crippen molar-refractivity contribution in [3.63, 3.8) is 0 Å². The third kappa shape index (κ3) is 3.40. The van der Waals surface area contributed by atoms with E-state index in [0.29, 0.717) is 12.1 Å². The van der Waals surface area contributed by atoms with Gasteiger partial charge in [0, 0.05) is 31.8 Å². The summed E-state index contributed by atoms with van der Waals surface area (Å²) in [4.78, 5) is 2.42. The molecule has 1 fully saturated rings. The van der Waals surface area contributed by atoms with Gasteiger partial charge < -0.3 is 10.4 Å². The van der Waals surface area contributed by atoms with Crippen LogP contribution in [0.4, 0.5) is 0 Å². The summed E-state index contributed by atoms with van der Waals surface area (Å²) in [6.07, 6.45) is 3.98. The molecule has 0 aromatic carbocycles. The Morgan fingerprint density at radius 3 is 3.07 bits per heavy atom. The molecule has 0 aromatic rings. The van der Waals surface area contributed by atoms with Crippen LogP contribution in [0, 0.1) is 0 Å². The fourth-order valence-electron chi connectivity index (χ4n) is 1.98. The number of hydrogen-bond acceptors (Lipinski definition) is 3. The number of aliphatic hydroxyl groups excluding tert-OH is 1. The lowest BCUT2D eigenvalue weighted by Crippen LogP contribution is -2.40. The summed E-state index contributed by atoms with van der Waals surface area (Å²) < 4.78 is 0. The molecule has 1 aliphatic heterocycles. The molecule has 3 heteroatoms. The van der Waals surface area contributed by atoms with Gasteiger partial charge in [0.25, 0.3) is 0 Å². The predicted octanol–water partition coefficient (Wildman–Crippen LogP) is 0.607. The van der Waals surface area contributed by atoms with Crippen molar-refractivity contribution in [3.8, 4) is 0 Å². The Kier molecular flexibility index (Phi) is 5.15. The van der Waals surface area contributed by atoms with Gasteiger partial charge in [0.1, 0.15) is 0 Å². The lowest BCUT2D eigenvalue weighted by Gasteiger charge is -2.27. The van der Waals surface area contributed by atoms with E-state index in [1.54, 1.807) is 0 Å². The summed E-state index contributed by atoms with van der Waals surface area (Å²) in [6.45, 7) is 9.33. The van der Waals surface area contributed by atoms with Gasteiger partial charge in [-0.25, -0.2) is 0 Å². The minimum Gasteiger partial charge on any atom is -0.396 e. The number of hydrogen-bond donors (Lipinski definition) is 2. The molecule has 1 aliphatic rings. The smallest absolute Gasteiger partial charge is 0.0446 e. The Morgan fingerprint density at radius 2 is 2.43 bits per heavy atom. The maximum Gasteiger partial charge on any atom is 0.0446 e. The average molecular weight is 198 g/mol. The molecule has 0 amide bonds. The van der Waals surface area contributed by atoms with Crippen LogP contribution in [0.3, 0.4) is 0 Å². The van der Waals surface area contributed by atoms with Gasteiger partial charge in [-0.1, -0.05) is 6.08 Å². The number of rotatable bonds is 4. The first-order valence-electron chi connectivity index (χ1n) is 5.47. The molecule has 82 valence electrons. The molecule has 2 atom stereocenters. The Hall–Kier alpha value is -0.380. The first kappa shape index (κ1) is 11.7. The van der Waals surface area contributed by atoms with Crippen molar-refractivity contribution in [3.05, 3.63) is 12.7 Å². The van der Waals surface area contributed by atoms with Gasteiger partial charge in [0.05, 0.1) is 0 Å².